The molecular weight excluding hydrogens is 372 g/mol. The number of carbonyl (C=O) groups is 1. The van der Waals surface area contributed by atoms with Crippen LogP contribution in [0.15, 0.2) is 77.9 Å². The number of benzene rings is 1. The van der Waals surface area contributed by atoms with E-state index in [0.717, 1.165) is 31.2 Å². The van der Waals surface area contributed by atoms with Crippen molar-refractivity contribution in [3.05, 3.63) is 83.5 Å². The number of carbonyl (C=O) groups excluding carboxylic acids is 1. The van der Waals surface area contributed by atoms with Gasteiger partial charge in [0, 0.05) is 13.5 Å². The van der Waals surface area contributed by atoms with Gasteiger partial charge in [0.2, 0.25) is 0 Å². The number of hydrogen-bond donors (Lipinski definition) is 0. The smallest absolute Gasteiger partial charge is 0.340 e. The molecule has 1 aromatic rings. The minimum Gasteiger partial charge on any atom is -0.456 e. The summed E-state index contributed by atoms with van der Waals surface area (Å²) in [6.45, 7) is 12.3. The third-order valence-corrected chi connectivity index (χ3v) is 4.81. The number of rotatable bonds is 13. The van der Waals surface area contributed by atoms with Crippen molar-refractivity contribution in [3.63, 3.8) is 0 Å². The van der Waals surface area contributed by atoms with Crippen LogP contribution in [0.1, 0.15) is 71.5 Å². The van der Waals surface area contributed by atoms with Crippen LogP contribution in [0.5, 0.6) is 0 Å². The highest BCUT2D eigenvalue weighted by molar-refractivity contribution is 5.76. The summed E-state index contributed by atoms with van der Waals surface area (Å²) in [5, 5.41) is 0. The van der Waals surface area contributed by atoms with E-state index in [4.69, 9.17) is 9.47 Å². The van der Waals surface area contributed by atoms with Crippen LogP contribution in [0, 0.1) is 0 Å². The highest BCUT2D eigenvalue weighted by Gasteiger charge is 2.23. The summed E-state index contributed by atoms with van der Waals surface area (Å²) < 4.78 is 11.1. The Morgan fingerprint density at radius 3 is 2.23 bits per heavy atom. The predicted octanol–water partition coefficient (Wildman–Crippen LogP) is 7.28. The van der Waals surface area contributed by atoms with E-state index in [0.29, 0.717) is 6.42 Å². The lowest BCUT2D eigenvalue weighted by Gasteiger charge is -2.19. The van der Waals surface area contributed by atoms with E-state index in [1.165, 1.54) is 23.8 Å². The van der Waals surface area contributed by atoms with E-state index >= 15 is 0 Å². The van der Waals surface area contributed by atoms with Gasteiger partial charge in [-0.3, -0.25) is 0 Å². The average Bonchev–Trinajstić information content (AvgIpc) is 2.69. The Bertz CT molecular complexity index is 737. The fraction of sp³-hybridized carbons (Fsp3) is 0.444. The molecule has 30 heavy (non-hydrogen) atoms. The van der Waals surface area contributed by atoms with Gasteiger partial charge in [0.05, 0.1) is 0 Å². The zero-order valence-electron chi connectivity index (χ0n) is 19.3. The highest BCUT2D eigenvalue weighted by Crippen LogP contribution is 2.20. The summed E-state index contributed by atoms with van der Waals surface area (Å²) in [4.78, 5) is 12.7. The Balaban J connectivity index is 2.65. The van der Waals surface area contributed by atoms with Gasteiger partial charge >= 0.3 is 5.97 Å². The first kappa shape index (κ1) is 25.6. The molecule has 0 aliphatic rings. The van der Waals surface area contributed by atoms with Crippen molar-refractivity contribution in [1.29, 1.82) is 0 Å². The number of hydrogen-bond acceptors (Lipinski definition) is 3. The Labute approximate surface area is 183 Å². The summed E-state index contributed by atoms with van der Waals surface area (Å²) >= 11 is 0. The fourth-order valence-corrected chi connectivity index (χ4v) is 3.16. The predicted molar refractivity (Wildman–Crippen MR) is 126 cm³/mol. The van der Waals surface area contributed by atoms with Gasteiger partial charge in [-0.15, -0.1) is 6.58 Å². The first-order valence-corrected chi connectivity index (χ1v) is 10.7. The molecule has 0 saturated heterocycles. The molecule has 1 rings (SSSR count). The third kappa shape index (κ3) is 10.4. The van der Waals surface area contributed by atoms with Crippen LogP contribution < -0.4 is 0 Å². The Kier molecular flexibility index (Phi) is 12.5. The van der Waals surface area contributed by atoms with E-state index in [1.54, 1.807) is 6.08 Å². The number of methoxy groups -OCH3 is 1. The largest absolute Gasteiger partial charge is 0.456 e. The molecule has 0 aliphatic heterocycles. The Morgan fingerprint density at radius 2 is 1.63 bits per heavy atom. The second-order valence-corrected chi connectivity index (χ2v) is 7.95. The van der Waals surface area contributed by atoms with Crippen LogP contribution in [0.25, 0.3) is 0 Å². The van der Waals surface area contributed by atoms with Crippen molar-refractivity contribution >= 4 is 5.97 Å². The normalized spacial score (nSPS) is 14.0. The molecule has 0 aliphatic carbocycles. The van der Waals surface area contributed by atoms with Gasteiger partial charge in [0.25, 0.3) is 0 Å². The van der Waals surface area contributed by atoms with Crippen LogP contribution in [-0.4, -0.2) is 19.2 Å². The van der Waals surface area contributed by atoms with Gasteiger partial charge in [-0.25, -0.2) is 4.79 Å². The lowest BCUT2D eigenvalue weighted by Crippen LogP contribution is -2.23. The minimum absolute atomic E-state index is 0.334. The number of ether oxygens (including phenoxy) is 2. The molecule has 0 aromatic heterocycles. The molecule has 1 aromatic carbocycles. The van der Waals surface area contributed by atoms with Gasteiger partial charge in [-0.1, -0.05) is 65.3 Å². The monoisotopic (exact) mass is 410 g/mol. The van der Waals surface area contributed by atoms with Crippen molar-refractivity contribution in [2.75, 3.05) is 7.11 Å². The minimum atomic E-state index is -0.724. The lowest BCUT2D eigenvalue weighted by atomic mass is 10.0. The summed E-state index contributed by atoms with van der Waals surface area (Å²) in [6, 6.07) is 9.41. The molecule has 0 saturated carbocycles. The molecule has 164 valence electrons. The molecule has 0 amide bonds. The van der Waals surface area contributed by atoms with Crippen LogP contribution >= 0.6 is 0 Å². The molecule has 0 bridgehead atoms. The highest BCUT2D eigenvalue weighted by atomic mass is 16.6. The van der Waals surface area contributed by atoms with Gasteiger partial charge < -0.3 is 9.47 Å². The zero-order chi connectivity index (χ0) is 22.4. The molecule has 0 heterocycles. The van der Waals surface area contributed by atoms with E-state index in [2.05, 4.69) is 46.4 Å². The Hall–Kier alpha value is -2.39. The molecule has 0 radical (unpaired) electrons. The quantitative estimate of drug-likeness (QED) is 0.253. The summed E-state index contributed by atoms with van der Waals surface area (Å²) in [5.74, 6) is -0.380. The van der Waals surface area contributed by atoms with Crippen LogP contribution in [-0.2, 0) is 14.3 Å². The SMILES string of the molecule is C=CC[C@H](/C=C(\C)CC/C=C(\C)CCC=C(C)C)OC(=O)[C@@H](OC)c1ccccc1. The van der Waals surface area contributed by atoms with Gasteiger partial charge in [-0.2, -0.15) is 0 Å². The summed E-state index contributed by atoms with van der Waals surface area (Å²) in [6.07, 6.45) is 12.0. The fourth-order valence-electron chi connectivity index (χ4n) is 3.16. The van der Waals surface area contributed by atoms with Crippen LogP contribution in [0.2, 0.25) is 0 Å². The molecule has 3 heteroatoms. The second-order valence-electron chi connectivity index (χ2n) is 7.95. The average molecular weight is 411 g/mol. The lowest BCUT2D eigenvalue weighted by molar-refractivity contribution is -0.159. The topological polar surface area (TPSA) is 35.5 Å². The summed E-state index contributed by atoms with van der Waals surface area (Å²) in [5.41, 5.74) is 4.78. The Morgan fingerprint density at radius 1 is 1.00 bits per heavy atom. The van der Waals surface area contributed by atoms with Crippen molar-refractivity contribution in [2.45, 2.75) is 72.0 Å². The number of esters is 1. The molecule has 0 N–H and O–H groups in total. The molecule has 2 atom stereocenters. The molecule has 0 unspecified atom stereocenters. The standard InChI is InChI=1S/C27H38O3/c1-7-13-25(30-27(28)26(29-6)24-18-9-8-10-19-24)20-23(5)17-12-16-22(4)15-11-14-21(2)3/h7-10,14,16,18-20,25-26H,1,11-13,15,17H2,2-6H3/b22-16+,23-20+/t25-,26+/m1/s1. The van der Waals surface area contributed by atoms with Crippen molar-refractivity contribution in [2.24, 2.45) is 0 Å². The molecule has 0 fully saturated rings. The van der Waals surface area contributed by atoms with Gasteiger partial charge in [-0.05, 0) is 65.0 Å². The van der Waals surface area contributed by atoms with E-state index < -0.39 is 6.10 Å². The van der Waals surface area contributed by atoms with Crippen LogP contribution in [0.3, 0.4) is 0 Å². The first-order chi connectivity index (χ1) is 14.4. The van der Waals surface area contributed by atoms with Gasteiger partial charge in [0.1, 0.15) is 6.10 Å². The van der Waals surface area contributed by atoms with Gasteiger partial charge in [0.15, 0.2) is 6.10 Å². The van der Waals surface area contributed by atoms with Crippen molar-refractivity contribution in [1.82, 2.24) is 0 Å². The van der Waals surface area contributed by atoms with E-state index in [-0.39, 0.29) is 12.1 Å². The van der Waals surface area contributed by atoms with E-state index in [1.807, 2.05) is 36.4 Å². The van der Waals surface area contributed by atoms with E-state index in [9.17, 15) is 4.79 Å². The van der Waals surface area contributed by atoms with Crippen molar-refractivity contribution in [3.8, 4) is 0 Å². The maximum absolute atomic E-state index is 12.7. The zero-order valence-corrected chi connectivity index (χ0v) is 19.3. The second kappa shape index (κ2) is 14.6. The molecular formula is C27H38O3. The summed E-state index contributed by atoms with van der Waals surface area (Å²) in [7, 11) is 1.52. The maximum atomic E-state index is 12.7. The molecule has 3 nitrogen and oxygen atoms in total. The third-order valence-electron chi connectivity index (χ3n) is 4.81. The molecule has 0 spiro atoms. The number of allylic oxidation sites excluding steroid dienone is 5. The van der Waals surface area contributed by atoms with Crippen molar-refractivity contribution < 1.29 is 14.3 Å². The van der Waals surface area contributed by atoms with Crippen LogP contribution in [0.4, 0.5) is 0 Å². The maximum Gasteiger partial charge on any atom is 0.340 e. The first-order valence-electron chi connectivity index (χ1n) is 10.7.